The summed E-state index contributed by atoms with van der Waals surface area (Å²) in [6.45, 7) is 4.21. The molecule has 0 atom stereocenters. The van der Waals surface area contributed by atoms with Gasteiger partial charge in [-0.2, -0.15) is 0 Å². The third kappa shape index (κ3) is 3.28. The Balaban J connectivity index is 2.29. The average Bonchev–Trinajstić information content (AvgIpc) is 2.45. The first-order chi connectivity index (χ1) is 9.80. The van der Waals surface area contributed by atoms with E-state index in [1.54, 1.807) is 21.3 Å². The molecular weight excluding hydrogens is 256 g/mol. The van der Waals surface area contributed by atoms with Crippen LogP contribution < -0.4 is 24.4 Å². The Morgan fingerprint density at radius 2 is 1.45 bits per heavy atom. The zero-order valence-electron chi connectivity index (χ0n) is 12.6. The third-order valence-electron chi connectivity index (χ3n) is 3.58. The van der Waals surface area contributed by atoms with E-state index in [1.165, 1.54) is 0 Å². The van der Waals surface area contributed by atoms with Gasteiger partial charge in [0.15, 0.2) is 11.5 Å². The fraction of sp³-hybridized carbons (Fsp3) is 0.600. The molecule has 1 heterocycles. The largest absolute Gasteiger partial charge is 0.493 e. The van der Waals surface area contributed by atoms with Crippen molar-refractivity contribution < 1.29 is 14.2 Å². The molecule has 1 N–H and O–H groups in total. The topological polar surface area (TPSA) is 43.0 Å². The third-order valence-corrected chi connectivity index (χ3v) is 3.58. The van der Waals surface area contributed by atoms with E-state index in [0.717, 1.165) is 44.7 Å². The van der Waals surface area contributed by atoms with Crippen LogP contribution in [0.3, 0.4) is 0 Å². The lowest BCUT2D eigenvalue weighted by molar-refractivity contribution is 0.324. The average molecular weight is 280 g/mol. The molecule has 0 amide bonds. The maximum atomic E-state index is 5.42. The SMILES string of the molecule is COc1cc(N2CCCNCCC2)cc(OC)c1OC. The molecule has 0 radical (unpaired) electrons. The number of nitrogens with zero attached hydrogens (tertiary/aromatic N) is 1. The van der Waals surface area contributed by atoms with Crippen molar-refractivity contribution in [2.45, 2.75) is 12.8 Å². The molecule has 5 nitrogen and oxygen atoms in total. The lowest BCUT2D eigenvalue weighted by Gasteiger charge is -2.28. The zero-order chi connectivity index (χ0) is 14.4. The summed E-state index contributed by atoms with van der Waals surface area (Å²) in [7, 11) is 4.93. The molecule has 2 rings (SSSR count). The van der Waals surface area contributed by atoms with E-state index in [2.05, 4.69) is 10.2 Å². The number of methoxy groups -OCH3 is 3. The van der Waals surface area contributed by atoms with Gasteiger partial charge in [0.2, 0.25) is 5.75 Å². The summed E-state index contributed by atoms with van der Waals surface area (Å²) >= 11 is 0. The van der Waals surface area contributed by atoms with Gasteiger partial charge in [-0.05, 0) is 25.9 Å². The molecule has 20 heavy (non-hydrogen) atoms. The number of anilines is 1. The maximum Gasteiger partial charge on any atom is 0.203 e. The summed E-state index contributed by atoms with van der Waals surface area (Å²) in [6, 6.07) is 4.05. The van der Waals surface area contributed by atoms with E-state index in [0.29, 0.717) is 17.2 Å². The second kappa shape index (κ2) is 7.24. The molecule has 1 fully saturated rings. The first kappa shape index (κ1) is 14.8. The van der Waals surface area contributed by atoms with Gasteiger partial charge < -0.3 is 24.4 Å². The van der Waals surface area contributed by atoms with Gasteiger partial charge >= 0.3 is 0 Å². The predicted octanol–water partition coefficient (Wildman–Crippen LogP) is 1.90. The summed E-state index contributed by atoms with van der Waals surface area (Å²) in [4.78, 5) is 2.38. The van der Waals surface area contributed by atoms with Crippen molar-refractivity contribution in [2.75, 3.05) is 52.4 Å². The van der Waals surface area contributed by atoms with Gasteiger partial charge in [0, 0.05) is 30.9 Å². The van der Waals surface area contributed by atoms with E-state index < -0.39 is 0 Å². The normalized spacial score (nSPS) is 16.2. The van der Waals surface area contributed by atoms with Crippen LogP contribution in [-0.2, 0) is 0 Å². The van der Waals surface area contributed by atoms with E-state index in [9.17, 15) is 0 Å². The molecule has 0 unspecified atom stereocenters. The maximum absolute atomic E-state index is 5.42. The second-order valence-corrected chi connectivity index (χ2v) is 4.83. The molecule has 1 aromatic carbocycles. The lowest BCUT2D eigenvalue weighted by atomic mass is 10.2. The molecular formula is C15H24N2O3. The Morgan fingerprint density at radius 1 is 0.900 bits per heavy atom. The number of ether oxygens (including phenoxy) is 3. The Labute approximate surface area is 120 Å². The fourth-order valence-corrected chi connectivity index (χ4v) is 2.53. The molecule has 1 aromatic rings. The molecule has 112 valence electrons. The highest BCUT2D eigenvalue weighted by Gasteiger charge is 2.17. The molecule has 1 saturated heterocycles. The summed E-state index contributed by atoms with van der Waals surface area (Å²) in [5.41, 5.74) is 1.13. The van der Waals surface area contributed by atoms with E-state index in [1.807, 2.05) is 12.1 Å². The summed E-state index contributed by atoms with van der Waals surface area (Å²) in [6.07, 6.45) is 2.27. The molecule has 5 heteroatoms. The van der Waals surface area contributed by atoms with Crippen molar-refractivity contribution in [3.63, 3.8) is 0 Å². The summed E-state index contributed by atoms with van der Waals surface area (Å²) in [5, 5.41) is 3.43. The van der Waals surface area contributed by atoms with E-state index in [-0.39, 0.29) is 0 Å². The van der Waals surface area contributed by atoms with E-state index in [4.69, 9.17) is 14.2 Å². The van der Waals surface area contributed by atoms with Crippen molar-refractivity contribution >= 4 is 5.69 Å². The molecule has 0 saturated carbocycles. The molecule has 0 bridgehead atoms. The van der Waals surface area contributed by atoms with Crippen LogP contribution in [0, 0.1) is 0 Å². The van der Waals surface area contributed by atoms with Crippen LogP contribution in [0.4, 0.5) is 5.69 Å². The minimum Gasteiger partial charge on any atom is -0.493 e. The first-order valence-electron chi connectivity index (χ1n) is 7.05. The van der Waals surface area contributed by atoms with Gasteiger partial charge in [-0.15, -0.1) is 0 Å². The standard InChI is InChI=1S/C15H24N2O3/c1-18-13-10-12(11-14(19-2)15(13)20-3)17-8-4-6-16-7-5-9-17/h10-11,16H,4-9H2,1-3H3. The van der Waals surface area contributed by atoms with Crippen molar-refractivity contribution in [1.82, 2.24) is 5.32 Å². The lowest BCUT2D eigenvalue weighted by Crippen LogP contribution is -2.33. The molecule has 0 aromatic heterocycles. The minimum absolute atomic E-state index is 0.646. The predicted molar refractivity (Wildman–Crippen MR) is 80.4 cm³/mol. The Kier molecular flexibility index (Phi) is 5.35. The number of hydrogen-bond acceptors (Lipinski definition) is 5. The van der Waals surface area contributed by atoms with Gasteiger partial charge in [-0.1, -0.05) is 0 Å². The van der Waals surface area contributed by atoms with Gasteiger partial charge in [0.05, 0.1) is 21.3 Å². The second-order valence-electron chi connectivity index (χ2n) is 4.83. The highest BCUT2D eigenvalue weighted by molar-refractivity contribution is 5.63. The number of nitrogens with one attached hydrogen (secondary N) is 1. The van der Waals surface area contributed by atoms with Crippen molar-refractivity contribution in [1.29, 1.82) is 0 Å². The quantitative estimate of drug-likeness (QED) is 0.912. The van der Waals surface area contributed by atoms with Crippen LogP contribution in [-0.4, -0.2) is 47.5 Å². The van der Waals surface area contributed by atoms with Gasteiger partial charge in [-0.3, -0.25) is 0 Å². The Bertz CT molecular complexity index is 404. The summed E-state index contributed by atoms with van der Waals surface area (Å²) in [5.74, 6) is 2.07. The first-order valence-corrected chi connectivity index (χ1v) is 7.05. The Morgan fingerprint density at radius 3 is 1.90 bits per heavy atom. The summed E-state index contributed by atoms with van der Waals surface area (Å²) < 4.78 is 16.2. The molecule has 1 aliphatic rings. The van der Waals surface area contributed by atoms with Gasteiger partial charge in [-0.25, -0.2) is 0 Å². The Hall–Kier alpha value is -1.62. The zero-order valence-corrected chi connectivity index (χ0v) is 12.6. The van der Waals surface area contributed by atoms with Crippen LogP contribution >= 0.6 is 0 Å². The van der Waals surface area contributed by atoms with Gasteiger partial charge in [0.1, 0.15) is 0 Å². The fourth-order valence-electron chi connectivity index (χ4n) is 2.53. The van der Waals surface area contributed by atoms with Crippen LogP contribution in [0.15, 0.2) is 12.1 Å². The van der Waals surface area contributed by atoms with Gasteiger partial charge in [0.25, 0.3) is 0 Å². The number of benzene rings is 1. The van der Waals surface area contributed by atoms with Crippen molar-refractivity contribution in [2.24, 2.45) is 0 Å². The van der Waals surface area contributed by atoms with Crippen LogP contribution in [0.2, 0.25) is 0 Å². The van der Waals surface area contributed by atoms with Crippen LogP contribution in [0.5, 0.6) is 17.2 Å². The monoisotopic (exact) mass is 280 g/mol. The molecule has 0 aliphatic carbocycles. The van der Waals surface area contributed by atoms with Crippen molar-refractivity contribution in [3.05, 3.63) is 12.1 Å². The highest BCUT2D eigenvalue weighted by atomic mass is 16.5. The molecule has 1 aliphatic heterocycles. The highest BCUT2D eigenvalue weighted by Crippen LogP contribution is 2.41. The van der Waals surface area contributed by atoms with Crippen molar-refractivity contribution in [3.8, 4) is 17.2 Å². The molecule has 0 spiro atoms. The number of rotatable bonds is 4. The smallest absolute Gasteiger partial charge is 0.203 e. The van der Waals surface area contributed by atoms with Crippen LogP contribution in [0.1, 0.15) is 12.8 Å². The number of hydrogen-bond donors (Lipinski definition) is 1. The minimum atomic E-state index is 0.646. The van der Waals surface area contributed by atoms with Crippen LogP contribution in [0.25, 0.3) is 0 Å². The van der Waals surface area contributed by atoms with E-state index >= 15 is 0 Å².